The average Bonchev–Trinajstić information content (AvgIpc) is 3.17. The van der Waals surface area contributed by atoms with Crippen LogP contribution >= 0.6 is 11.3 Å². The van der Waals surface area contributed by atoms with E-state index in [1.165, 1.54) is 0 Å². The Morgan fingerprint density at radius 1 is 1.33 bits per heavy atom. The molecule has 3 aromatic rings. The van der Waals surface area contributed by atoms with Crippen LogP contribution in [0.1, 0.15) is 11.3 Å². The van der Waals surface area contributed by atoms with Gasteiger partial charge in [0.1, 0.15) is 18.1 Å². The molecule has 0 spiro atoms. The van der Waals surface area contributed by atoms with Crippen molar-refractivity contribution in [3.63, 3.8) is 0 Å². The zero-order valence-corrected chi connectivity index (χ0v) is 14.6. The van der Waals surface area contributed by atoms with Crippen molar-refractivity contribution in [3.05, 3.63) is 60.4 Å². The molecule has 0 fully saturated rings. The topological polar surface area (TPSA) is 52.0 Å². The number of hydrogen-bond acceptors (Lipinski definition) is 5. The summed E-state index contributed by atoms with van der Waals surface area (Å²) in [5, 5.41) is 8.71. The molecule has 0 atom stereocenters. The molecule has 1 N–H and O–H groups in total. The fourth-order valence-corrected chi connectivity index (χ4v) is 3.28. The van der Waals surface area contributed by atoms with Crippen LogP contribution in [0.25, 0.3) is 10.6 Å². The van der Waals surface area contributed by atoms with E-state index < -0.39 is 0 Å². The van der Waals surface area contributed by atoms with Gasteiger partial charge >= 0.3 is 0 Å². The van der Waals surface area contributed by atoms with Crippen LogP contribution in [-0.4, -0.2) is 21.4 Å². The Hall–Kier alpha value is -2.60. The molecule has 0 aliphatic rings. The van der Waals surface area contributed by atoms with Gasteiger partial charge in [-0.2, -0.15) is 5.10 Å². The molecule has 6 heteroatoms. The second kappa shape index (κ2) is 7.31. The number of aromatic nitrogens is 3. The van der Waals surface area contributed by atoms with Gasteiger partial charge in [-0.05, 0) is 19.1 Å². The van der Waals surface area contributed by atoms with Crippen LogP contribution < -0.4 is 10.1 Å². The Morgan fingerprint density at radius 2 is 2.17 bits per heavy atom. The fraction of sp³-hybridized carbons (Fsp3) is 0.222. The fourth-order valence-electron chi connectivity index (χ4n) is 2.36. The molecule has 0 aliphatic carbocycles. The molecule has 0 saturated carbocycles. The summed E-state index contributed by atoms with van der Waals surface area (Å²) >= 11 is 1.61. The lowest BCUT2D eigenvalue weighted by Gasteiger charge is -2.10. The van der Waals surface area contributed by atoms with E-state index in [9.17, 15) is 0 Å². The average molecular weight is 340 g/mol. The molecule has 5 nitrogen and oxygen atoms in total. The largest absolute Gasteiger partial charge is 0.489 e. The third kappa shape index (κ3) is 3.65. The van der Waals surface area contributed by atoms with E-state index in [-0.39, 0.29) is 0 Å². The summed E-state index contributed by atoms with van der Waals surface area (Å²) in [6.45, 7) is 6.84. The highest BCUT2D eigenvalue weighted by Gasteiger charge is 2.12. The SMILES string of the molecule is C=CCOc1ccccc1CNc1nc(C)c(-c2ccn(C)n2)s1. The molecule has 24 heavy (non-hydrogen) atoms. The first-order chi connectivity index (χ1) is 11.7. The summed E-state index contributed by atoms with van der Waals surface area (Å²) in [5.74, 6) is 0.864. The lowest BCUT2D eigenvalue weighted by atomic mass is 10.2. The Labute approximate surface area is 145 Å². The van der Waals surface area contributed by atoms with E-state index >= 15 is 0 Å². The van der Waals surface area contributed by atoms with Crippen molar-refractivity contribution < 1.29 is 4.74 Å². The summed E-state index contributed by atoms with van der Waals surface area (Å²) in [6.07, 6.45) is 3.68. The number of anilines is 1. The zero-order valence-electron chi connectivity index (χ0n) is 13.8. The third-order valence-corrected chi connectivity index (χ3v) is 4.64. The van der Waals surface area contributed by atoms with E-state index in [0.717, 1.165) is 32.7 Å². The molecule has 0 aliphatic heterocycles. The zero-order chi connectivity index (χ0) is 16.9. The highest BCUT2D eigenvalue weighted by molar-refractivity contribution is 7.19. The number of thiazole rings is 1. The first-order valence-corrected chi connectivity index (χ1v) is 8.52. The van der Waals surface area contributed by atoms with Gasteiger partial charge in [0.05, 0.1) is 10.6 Å². The lowest BCUT2D eigenvalue weighted by molar-refractivity contribution is 0.359. The van der Waals surface area contributed by atoms with Gasteiger partial charge in [-0.15, -0.1) is 0 Å². The van der Waals surface area contributed by atoms with Crippen LogP contribution in [-0.2, 0) is 13.6 Å². The van der Waals surface area contributed by atoms with E-state index in [0.29, 0.717) is 13.2 Å². The third-order valence-electron chi connectivity index (χ3n) is 3.50. The first kappa shape index (κ1) is 16.3. The number of aryl methyl sites for hydroxylation is 2. The number of rotatable bonds is 7. The monoisotopic (exact) mass is 340 g/mol. The molecular weight excluding hydrogens is 320 g/mol. The van der Waals surface area contributed by atoms with Gasteiger partial charge in [-0.25, -0.2) is 4.98 Å². The van der Waals surface area contributed by atoms with E-state index in [1.807, 2.05) is 50.5 Å². The van der Waals surface area contributed by atoms with Gasteiger partial charge in [0, 0.05) is 25.4 Å². The quantitative estimate of drug-likeness (QED) is 0.660. The molecule has 0 amide bonds. The molecule has 3 rings (SSSR count). The summed E-state index contributed by atoms with van der Waals surface area (Å²) < 4.78 is 7.49. The summed E-state index contributed by atoms with van der Waals surface area (Å²) in [4.78, 5) is 5.70. The van der Waals surface area contributed by atoms with Crippen molar-refractivity contribution in [3.8, 4) is 16.3 Å². The Balaban J connectivity index is 1.73. The van der Waals surface area contributed by atoms with E-state index in [1.54, 1.807) is 22.1 Å². The molecular formula is C18H20N4OS. The number of nitrogens with one attached hydrogen (secondary N) is 1. The summed E-state index contributed by atoms with van der Waals surface area (Å²) in [7, 11) is 1.92. The standard InChI is InChI=1S/C18H20N4OS/c1-4-11-23-16-8-6-5-7-14(16)12-19-18-20-13(2)17(24-18)15-9-10-22(3)21-15/h4-10H,1,11-12H2,2-3H3,(H,19,20). The van der Waals surface area contributed by atoms with E-state index in [4.69, 9.17) is 4.74 Å². The van der Waals surface area contributed by atoms with Crippen LogP contribution in [0.4, 0.5) is 5.13 Å². The predicted octanol–water partition coefficient (Wildman–Crippen LogP) is 4.03. The highest BCUT2D eigenvalue weighted by Crippen LogP contribution is 2.32. The minimum atomic E-state index is 0.497. The molecule has 1 aromatic carbocycles. The predicted molar refractivity (Wildman–Crippen MR) is 98.5 cm³/mol. The maximum absolute atomic E-state index is 5.69. The van der Waals surface area contributed by atoms with Crippen LogP contribution in [0.3, 0.4) is 0 Å². The van der Waals surface area contributed by atoms with Gasteiger partial charge in [0.25, 0.3) is 0 Å². The summed E-state index contributed by atoms with van der Waals surface area (Å²) in [5.41, 5.74) is 3.03. The molecule has 0 bridgehead atoms. The van der Waals surface area contributed by atoms with Gasteiger partial charge in [-0.3, -0.25) is 4.68 Å². The summed E-state index contributed by atoms with van der Waals surface area (Å²) in [6, 6.07) is 9.99. The Kier molecular flexibility index (Phi) is 4.96. The highest BCUT2D eigenvalue weighted by atomic mass is 32.1. The molecule has 0 radical (unpaired) electrons. The second-order valence-electron chi connectivity index (χ2n) is 5.37. The van der Waals surface area contributed by atoms with Crippen molar-refractivity contribution in [1.29, 1.82) is 0 Å². The number of hydrogen-bond donors (Lipinski definition) is 1. The molecule has 0 unspecified atom stereocenters. The Morgan fingerprint density at radius 3 is 2.92 bits per heavy atom. The van der Waals surface area contributed by atoms with Gasteiger partial charge in [0.15, 0.2) is 5.13 Å². The van der Waals surface area contributed by atoms with Crippen molar-refractivity contribution >= 4 is 16.5 Å². The molecule has 0 saturated heterocycles. The van der Waals surface area contributed by atoms with Gasteiger partial charge in [-0.1, -0.05) is 42.2 Å². The normalized spacial score (nSPS) is 10.6. The van der Waals surface area contributed by atoms with Gasteiger partial charge < -0.3 is 10.1 Å². The minimum Gasteiger partial charge on any atom is -0.489 e. The number of ether oxygens (including phenoxy) is 1. The first-order valence-electron chi connectivity index (χ1n) is 7.70. The van der Waals surface area contributed by atoms with Crippen LogP contribution in [0.2, 0.25) is 0 Å². The lowest BCUT2D eigenvalue weighted by Crippen LogP contribution is -2.03. The second-order valence-corrected chi connectivity index (χ2v) is 6.37. The van der Waals surface area contributed by atoms with Crippen LogP contribution in [0.5, 0.6) is 5.75 Å². The maximum atomic E-state index is 5.69. The Bertz CT molecular complexity index is 837. The van der Waals surface area contributed by atoms with Crippen LogP contribution in [0, 0.1) is 6.92 Å². The molecule has 2 aromatic heterocycles. The van der Waals surface area contributed by atoms with Crippen molar-refractivity contribution in [2.75, 3.05) is 11.9 Å². The number of para-hydroxylation sites is 1. The van der Waals surface area contributed by atoms with Crippen LogP contribution in [0.15, 0.2) is 49.2 Å². The van der Waals surface area contributed by atoms with Crippen molar-refractivity contribution in [2.24, 2.45) is 7.05 Å². The number of benzene rings is 1. The molecule has 2 heterocycles. The maximum Gasteiger partial charge on any atom is 0.183 e. The van der Waals surface area contributed by atoms with Crippen molar-refractivity contribution in [1.82, 2.24) is 14.8 Å². The minimum absolute atomic E-state index is 0.497. The van der Waals surface area contributed by atoms with Gasteiger partial charge in [0.2, 0.25) is 0 Å². The molecule has 124 valence electrons. The van der Waals surface area contributed by atoms with Crippen molar-refractivity contribution in [2.45, 2.75) is 13.5 Å². The van der Waals surface area contributed by atoms with E-state index in [2.05, 4.69) is 22.0 Å². The smallest absolute Gasteiger partial charge is 0.183 e. The number of nitrogens with zero attached hydrogens (tertiary/aromatic N) is 3.